The standard InChI is InChI=1S/C14H13N3O2/c1-18-12-5-4-11(7-13(12)19-2)17-14-6-3-10(8-15)9-16-14/h3-7,9H,1-2H3,(H,16,17). The number of benzene rings is 1. The smallest absolute Gasteiger partial charge is 0.162 e. The van der Waals surface area contributed by atoms with Gasteiger partial charge in [-0.2, -0.15) is 5.26 Å². The number of rotatable bonds is 4. The Labute approximate surface area is 111 Å². The molecule has 5 nitrogen and oxygen atoms in total. The van der Waals surface area contributed by atoms with E-state index in [-0.39, 0.29) is 0 Å². The minimum absolute atomic E-state index is 0.526. The van der Waals surface area contributed by atoms with Gasteiger partial charge in [0.2, 0.25) is 0 Å². The third-order valence-corrected chi connectivity index (χ3v) is 2.55. The fourth-order valence-electron chi connectivity index (χ4n) is 1.60. The molecule has 2 aromatic rings. The van der Waals surface area contributed by atoms with Crippen LogP contribution in [0.1, 0.15) is 5.56 Å². The SMILES string of the molecule is COc1ccc(Nc2ccc(C#N)cn2)cc1OC. The lowest BCUT2D eigenvalue weighted by Gasteiger charge is -2.10. The minimum Gasteiger partial charge on any atom is -0.493 e. The lowest BCUT2D eigenvalue weighted by molar-refractivity contribution is 0.355. The predicted octanol–water partition coefficient (Wildman–Crippen LogP) is 2.71. The Morgan fingerprint density at radius 1 is 1.11 bits per heavy atom. The molecular formula is C14H13N3O2. The predicted molar refractivity (Wildman–Crippen MR) is 71.8 cm³/mol. The van der Waals surface area contributed by atoms with Crippen molar-refractivity contribution in [3.63, 3.8) is 0 Å². The van der Waals surface area contributed by atoms with Gasteiger partial charge >= 0.3 is 0 Å². The summed E-state index contributed by atoms with van der Waals surface area (Å²) < 4.78 is 10.4. The molecule has 1 N–H and O–H groups in total. The van der Waals surface area contributed by atoms with Crippen LogP contribution in [0.25, 0.3) is 0 Å². The topological polar surface area (TPSA) is 67.2 Å². The van der Waals surface area contributed by atoms with Crippen molar-refractivity contribution in [3.8, 4) is 17.6 Å². The van der Waals surface area contributed by atoms with Gasteiger partial charge in [-0.05, 0) is 24.3 Å². The third-order valence-electron chi connectivity index (χ3n) is 2.55. The average molecular weight is 255 g/mol. The molecule has 0 amide bonds. The van der Waals surface area contributed by atoms with Crippen LogP contribution < -0.4 is 14.8 Å². The lowest BCUT2D eigenvalue weighted by atomic mass is 10.2. The first kappa shape index (κ1) is 12.7. The van der Waals surface area contributed by atoms with E-state index in [2.05, 4.69) is 10.3 Å². The van der Waals surface area contributed by atoms with Crippen LogP contribution in [-0.4, -0.2) is 19.2 Å². The largest absolute Gasteiger partial charge is 0.493 e. The summed E-state index contributed by atoms with van der Waals surface area (Å²) in [5, 5.41) is 11.8. The maximum absolute atomic E-state index is 8.70. The van der Waals surface area contributed by atoms with Crippen molar-refractivity contribution in [2.24, 2.45) is 0 Å². The van der Waals surface area contributed by atoms with Gasteiger partial charge in [0.25, 0.3) is 0 Å². The van der Waals surface area contributed by atoms with E-state index in [1.54, 1.807) is 26.4 Å². The van der Waals surface area contributed by atoms with E-state index in [1.807, 2.05) is 24.3 Å². The number of methoxy groups -OCH3 is 2. The number of nitrogens with zero attached hydrogens (tertiary/aromatic N) is 2. The molecule has 0 bridgehead atoms. The maximum atomic E-state index is 8.70. The highest BCUT2D eigenvalue weighted by atomic mass is 16.5. The molecule has 0 aliphatic heterocycles. The van der Waals surface area contributed by atoms with Crippen LogP contribution in [0, 0.1) is 11.3 Å². The second-order valence-electron chi connectivity index (χ2n) is 3.74. The molecule has 96 valence electrons. The van der Waals surface area contributed by atoms with Crippen molar-refractivity contribution in [2.45, 2.75) is 0 Å². The van der Waals surface area contributed by atoms with Gasteiger partial charge in [0.1, 0.15) is 11.9 Å². The fourth-order valence-corrected chi connectivity index (χ4v) is 1.60. The van der Waals surface area contributed by atoms with Gasteiger partial charge in [0, 0.05) is 18.0 Å². The summed E-state index contributed by atoms with van der Waals surface area (Å²) in [6, 6.07) is 11.0. The van der Waals surface area contributed by atoms with Gasteiger partial charge in [-0.3, -0.25) is 0 Å². The molecule has 0 saturated heterocycles. The number of anilines is 2. The number of hydrogen-bond donors (Lipinski definition) is 1. The fraction of sp³-hybridized carbons (Fsp3) is 0.143. The summed E-state index contributed by atoms with van der Waals surface area (Å²) >= 11 is 0. The van der Waals surface area contributed by atoms with E-state index in [1.165, 1.54) is 6.20 Å². The molecule has 0 aliphatic carbocycles. The number of pyridine rings is 1. The van der Waals surface area contributed by atoms with Crippen LogP contribution in [0.3, 0.4) is 0 Å². The van der Waals surface area contributed by atoms with E-state index >= 15 is 0 Å². The second kappa shape index (κ2) is 5.74. The van der Waals surface area contributed by atoms with Crippen LogP contribution in [0.2, 0.25) is 0 Å². The molecule has 5 heteroatoms. The summed E-state index contributed by atoms with van der Waals surface area (Å²) in [4.78, 5) is 4.14. The lowest BCUT2D eigenvalue weighted by Crippen LogP contribution is -1.96. The molecule has 0 radical (unpaired) electrons. The first-order valence-electron chi connectivity index (χ1n) is 5.62. The first-order valence-corrected chi connectivity index (χ1v) is 5.62. The molecule has 1 aromatic carbocycles. The summed E-state index contributed by atoms with van der Waals surface area (Å²) in [5.41, 5.74) is 1.35. The Bertz CT molecular complexity index is 603. The summed E-state index contributed by atoms with van der Waals surface area (Å²) in [6.45, 7) is 0. The minimum atomic E-state index is 0.526. The maximum Gasteiger partial charge on any atom is 0.162 e. The van der Waals surface area contributed by atoms with Crippen molar-refractivity contribution in [2.75, 3.05) is 19.5 Å². The van der Waals surface area contributed by atoms with Gasteiger partial charge < -0.3 is 14.8 Å². The van der Waals surface area contributed by atoms with Crippen molar-refractivity contribution >= 4 is 11.5 Å². The van der Waals surface area contributed by atoms with Gasteiger partial charge in [0.05, 0.1) is 19.8 Å². The van der Waals surface area contributed by atoms with E-state index in [0.717, 1.165) is 5.69 Å². The van der Waals surface area contributed by atoms with Crippen LogP contribution in [-0.2, 0) is 0 Å². The van der Waals surface area contributed by atoms with Crippen molar-refractivity contribution < 1.29 is 9.47 Å². The zero-order valence-corrected chi connectivity index (χ0v) is 10.7. The number of nitriles is 1. The summed E-state index contributed by atoms with van der Waals surface area (Å²) in [5.74, 6) is 1.97. The van der Waals surface area contributed by atoms with Gasteiger partial charge in [0.15, 0.2) is 11.5 Å². The molecule has 0 atom stereocenters. The third kappa shape index (κ3) is 2.93. The molecular weight excluding hydrogens is 242 g/mol. The van der Waals surface area contributed by atoms with E-state index in [9.17, 15) is 0 Å². The van der Waals surface area contributed by atoms with Crippen LogP contribution in [0.4, 0.5) is 11.5 Å². The van der Waals surface area contributed by atoms with Crippen LogP contribution in [0.5, 0.6) is 11.5 Å². The summed E-state index contributed by atoms with van der Waals surface area (Å²) in [6.07, 6.45) is 1.52. The van der Waals surface area contributed by atoms with E-state index < -0.39 is 0 Å². The Balaban J connectivity index is 2.20. The molecule has 0 spiro atoms. The molecule has 1 aromatic heterocycles. The Morgan fingerprint density at radius 3 is 2.47 bits per heavy atom. The molecule has 0 aliphatic rings. The Kier molecular flexibility index (Phi) is 3.84. The van der Waals surface area contributed by atoms with Crippen molar-refractivity contribution in [3.05, 3.63) is 42.1 Å². The number of hydrogen-bond acceptors (Lipinski definition) is 5. The van der Waals surface area contributed by atoms with Gasteiger partial charge in [-0.25, -0.2) is 4.98 Å². The summed E-state index contributed by atoms with van der Waals surface area (Å²) in [7, 11) is 3.18. The second-order valence-corrected chi connectivity index (χ2v) is 3.74. The highest BCUT2D eigenvalue weighted by Gasteiger charge is 2.05. The van der Waals surface area contributed by atoms with E-state index in [4.69, 9.17) is 14.7 Å². The zero-order chi connectivity index (χ0) is 13.7. The zero-order valence-electron chi connectivity index (χ0n) is 10.7. The van der Waals surface area contributed by atoms with Gasteiger partial charge in [-0.15, -0.1) is 0 Å². The highest BCUT2D eigenvalue weighted by molar-refractivity contribution is 5.61. The van der Waals surface area contributed by atoms with Crippen LogP contribution in [0.15, 0.2) is 36.5 Å². The number of aromatic nitrogens is 1. The average Bonchev–Trinajstić information content (AvgIpc) is 2.48. The molecule has 2 rings (SSSR count). The molecule has 0 saturated carbocycles. The Hall–Kier alpha value is -2.74. The molecule has 19 heavy (non-hydrogen) atoms. The number of nitrogens with one attached hydrogen (secondary N) is 1. The first-order chi connectivity index (χ1) is 9.26. The molecule has 0 fully saturated rings. The van der Waals surface area contributed by atoms with Crippen LogP contribution >= 0.6 is 0 Å². The quantitative estimate of drug-likeness (QED) is 0.909. The van der Waals surface area contributed by atoms with Gasteiger partial charge in [-0.1, -0.05) is 0 Å². The normalized spacial score (nSPS) is 9.53. The van der Waals surface area contributed by atoms with Crippen molar-refractivity contribution in [1.29, 1.82) is 5.26 Å². The van der Waals surface area contributed by atoms with Crippen molar-refractivity contribution in [1.82, 2.24) is 4.98 Å². The number of ether oxygens (including phenoxy) is 2. The Morgan fingerprint density at radius 2 is 1.89 bits per heavy atom. The van der Waals surface area contributed by atoms with E-state index in [0.29, 0.717) is 22.9 Å². The highest BCUT2D eigenvalue weighted by Crippen LogP contribution is 2.30. The molecule has 1 heterocycles. The monoisotopic (exact) mass is 255 g/mol. The molecule has 0 unspecified atom stereocenters.